The van der Waals surface area contributed by atoms with E-state index in [0.717, 1.165) is 19.3 Å². The van der Waals surface area contributed by atoms with Crippen molar-refractivity contribution in [3.63, 3.8) is 0 Å². The summed E-state index contributed by atoms with van der Waals surface area (Å²) in [5, 5.41) is 13.8. The van der Waals surface area contributed by atoms with E-state index in [1.54, 1.807) is 30.5 Å². The van der Waals surface area contributed by atoms with Crippen LogP contribution in [0.2, 0.25) is 0 Å². The number of carbonyl (C=O) groups excluding carboxylic acids is 3. The number of thioether (sulfide) groups is 1. The smallest absolute Gasteiger partial charge is 0.286 e. The summed E-state index contributed by atoms with van der Waals surface area (Å²) in [4.78, 5) is 39.5. The lowest BCUT2D eigenvalue weighted by Gasteiger charge is -2.37. The number of nitrogens with zero attached hydrogens (tertiary/aromatic N) is 2. The number of hydrogen-bond donors (Lipinski definition) is 2. The Morgan fingerprint density at radius 2 is 1.81 bits per heavy atom. The summed E-state index contributed by atoms with van der Waals surface area (Å²) in [6.45, 7) is 3.95. The van der Waals surface area contributed by atoms with Crippen molar-refractivity contribution in [1.29, 1.82) is 0 Å². The van der Waals surface area contributed by atoms with Crippen molar-refractivity contribution >= 4 is 29.4 Å². The number of hydrogen-bond acceptors (Lipinski definition) is 7. The van der Waals surface area contributed by atoms with Crippen molar-refractivity contribution < 1.29 is 21.7 Å². The molecule has 9 heteroatoms. The fraction of sp³-hybridized carbons (Fsp3) is 0.522. The van der Waals surface area contributed by atoms with Gasteiger partial charge in [-0.25, -0.2) is 0 Å². The van der Waals surface area contributed by atoms with Gasteiger partial charge in [-0.3, -0.25) is 14.4 Å². The Hall–Kier alpha value is -2.68. The molecule has 1 aromatic heterocycles. The average Bonchev–Trinajstić information content (AvgIpc) is 3.28. The van der Waals surface area contributed by atoms with Gasteiger partial charge in [0.15, 0.2) is 0 Å². The van der Waals surface area contributed by atoms with E-state index in [0.29, 0.717) is 30.0 Å². The topological polar surface area (TPSA) is 114 Å². The van der Waals surface area contributed by atoms with Crippen LogP contribution < -0.4 is 10.6 Å². The number of amides is 2. The molecule has 0 unspecified atom stereocenters. The summed E-state index contributed by atoms with van der Waals surface area (Å²) in [6, 6.07) is 8.02. The fourth-order valence-electron chi connectivity index (χ4n) is 3.98. The van der Waals surface area contributed by atoms with Gasteiger partial charge in [-0.1, -0.05) is 63.1 Å². The molecule has 2 amide bonds. The molecule has 1 heterocycles. The van der Waals surface area contributed by atoms with Crippen LogP contribution in [-0.4, -0.2) is 45.6 Å². The van der Waals surface area contributed by atoms with Gasteiger partial charge in [-0.2, -0.15) is 0 Å². The predicted molar refractivity (Wildman–Crippen MR) is 126 cm³/mol. The van der Waals surface area contributed by atoms with Crippen LogP contribution in [0.25, 0.3) is 0 Å². The zero-order valence-electron chi connectivity index (χ0n) is 18.7. The maximum absolute atomic E-state index is 13.5. The summed E-state index contributed by atoms with van der Waals surface area (Å²) in [7, 11) is 0. The van der Waals surface area contributed by atoms with Crippen LogP contribution in [0.3, 0.4) is 0 Å². The number of rotatable bonds is 9. The number of nitrogens with one attached hydrogen (secondary N) is 2. The van der Waals surface area contributed by atoms with Crippen LogP contribution in [0.1, 0.15) is 76.3 Å². The van der Waals surface area contributed by atoms with Crippen LogP contribution in [-0.2, 0) is 4.79 Å². The molecule has 0 spiro atoms. The van der Waals surface area contributed by atoms with E-state index in [2.05, 4.69) is 20.8 Å². The zero-order chi connectivity index (χ0) is 23.1. The molecule has 8 nitrogen and oxygen atoms in total. The third-order valence-electron chi connectivity index (χ3n) is 5.65. The van der Waals surface area contributed by atoms with Gasteiger partial charge in [0.25, 0.3) is 17.0 Å². The second kappa shape index (κ2) is 10.8. The summed E-state index contributed by atoms with van der Waals surface area (Å²) in [5.41, 5.74) is -0.560. The molecule has 0 bridgehead atoms. The Morgan fingerprint density at radius 3 is 2.41 bits per heavy atom. The fourth-order valence-corrected chi connectivity index (χ4v) is 4.27. The third-order valence-corrected chi connectivity index (χ3v) is 6.17. The van der Waals surface area contributed by atoms with E-state index in [4.69, 9.17) is 4.42 Å². The first-order valence-electron chi connectivity index (χ1n) is 10.9. The molecule has 1 atom stereocenters. The van der Waals surface area contributed by atoms with Gasteiger partial charge in [0.2, 0.25) is 11.7 Å². The highest BCUT2D eigenvalue weighted by Gasteiger charge is 2.43. The van der Waals surface area contributed by atoms with Crippen LogP contribution in [0.4, 0.5) is 0 Å². The van der Waals surface area contributed by atoms with Crippen LogP contribution in [0.15, 0.2) is 40.0 Å². The first-order chi connectivity index (χ1) is 15.3. The Bertz CT molecular complexity index is 949. The van der Waals surface area contributed by atoms with Crippen molar-refractivity contribution in [2.45, 2.75) is 69.2 Å². The van der Waals surface area contributed by atoms with E-state index in [-0.39, 0.29) is 26.5 Å². The van der Waals surface area contributed by atoms with Crippen LogP contribution in [0, 0.1) is 5.92 Å². The highest BCUT2D eigenvalue weighted by Crippen LogP contribution is 2.29. The third kappa shape index (κ3) is 5.76. The number of benzene rings is 1. The predicted octanol–water partition coefficient (Wildman–Crippen LogP) is 4.13. The van der Waals surface area contributed by atoms with Gasteiger partial charge in [-0.05, 0) is 43.6 Å². The van der Waals surface area contributed by atoms with Crippen LogP contribution in [0.5, 0.6) is 0 Å². The molecular formula is C23H34N4O4S. The molecular weight excluding hydrogens is 428 g/mol. The van der Waals surface area contributed by atoms with Gasteiger partial charge in [0, 0.05) is 8.42 Å². The first-order valence-corrected chi connectivity index (χ1v) is 12.2. The molecule has 1 aromatic carbocycles. The van der Waals surface area contributed by atoms with Gasteiger partial charge >= 0.3 is 0 Å². The first kappa shape index (κ1) is 24.0. The molecule has 1 saturated carbocycles. The quantitative estimate of drug-likeness (QED) is 0.425. The van der Waals surface area contributed by atoms with Crippen molar-refractivity contribution in [2.75, 3.05) is 6.26 Å². The molecule has 1 aliphatic carbocycles. The van der Waals surface area contributed by atoms with Crippen molar-refractivity contribution in [1.82, 2.24) is 20.8 Å². The maximum Gasteiger partial charge on any atom is 0.286 e. The number of Topliss-reactive ketones (excluding diaryl/α,β-unsaturated/α-hetero) is 1. The normalized spacial score (nSPS) is 16.4. The molecule has 3 rings (SSSR count). The number of aromatic nitrogens is 2. The van der Waals surface area contributed by atoms with Crippen LogP contribution >= 0.6 is 11.8 Å². The largest absolute Gasteiger partial charge is 0.408 e. The SMILES string of the molecule is CSc1nnc(C(=O)[C@H](CC(C)C)NC(=O)C2(NC(=O)c3ccccc3)CCCCC2)o1.[HH].[HH]. The lowest BCUT2D eigenvalue weighted by atomic mass is 9.80. The number of ketones is 1. The Labute approximate surface area is 195 Å². The molecule has 0 aliphatic heterocycles. The second-order valence-electron chi connectivity index (χ2n) is 8.56. The lowest BCUT2D eigenvalue weighted by molar-refractivity contribution is -0.129. The van der Waals surface area contributed by atoms with Crippen molar-refractivity contribution in [3.8, 4) is 0 Å². The molecule has 2 aromatic rings. The van der Waals surface area contributed by atoms with Crippen molar-refractivity contribution in [3.05, 3.63) is 41.8 Å². The van der Waals surface area contributed by atoms with Gasteiger partial charge in [0.1, 0.15) is 5.54 Å². The summed E-state index contributed by atoms with van der Waals surface area (Å²) >= 11 is 1.25. The summed E-state index contributed by atoms with van der Waals surface area (Å²) < 4.78 is 5.40. The molecule has 2 N–H and O–H groups in total. The molecule has 0 radical (unpaired) electrons. The zero-order valence-corrected chi connectivity index (χ0v) is 19.5. The minimum absolute atomic E-state index is 0. The summed E-state index contributed by atoms with van der Waals surface area (Å²) in [5.74, 6) is -1.03. The highest BCUT2D eigenvalue weighted by atomic mass is 32.2. The molecule has 1 fully saturated rings. The van der Waals surface area contributed by atoms with E-state index in [1.807, 2.05) is 19.9 Å². The highest BCUT2D eigenvalue weighted by molar-refractivity contribution is 7.98. The maximum atomic E-state index is 13.5. The van der Waals surface area contributed by atoms with E-state index in [1.165, 1.54) is 11.8 Å². The van der Waals surface area contributed by atoms with Gasteiger partial charge in [0.05, 0.1) is 6.04 Å². The van der Waals surface area contributed by atoms with E-state index < -0.39 is 17.4 Å². The minimum Gasteiger partial charge on any atom is -0.408 e. The Balaban J connectivity index is 0.00000289. The molecule has 0 saturated heterocycles. The Kier molecular flexibility index (Phi) is 8.06. The van der Waals surface area contributed by atoms with E-state index >= 15 is 0 Å². The number of carbonyl (C=O) groups is 3. The minimum atomic E-state index is -1.06. The summed E-state index contributed by atoms with van der Waals surface area (Å²) in [6.07, 6.45) is 5.90. The van der Waals surface area contributed by atoms with Crippen molar-refractivity contribution in [2.24, 2.45) is 5.92 Å². The van der Waals surface area contributed by atoms with Gasteiger partial charge < -0.3 is 15.1 Å². The lowest BCUT2D eigenvalue weighted by Crippen LogP contribution is -2.62. The monoisotopic (exact) mass is 462 g/mol. The standard InChI is InChI=1S/C23H30N4O4S.2H2/c1-15(2)14-17(18(28)20-26-27-22(31-20)32-3)24-21(30)23(12-8-5-9-13-23)25-19(29)16-10-6-4-7-11-16;;/h4,6-7,10-11,15,17H,5,8-9,12-14H2,1-3H3,(H,24,30)(H,25,29);2*1H/t17-;;/m0../s1. The van der Waals surface area contributed by atoms with E-state index in [9.17, 15) is 14.4 Å². The Morgan fingerprint density at radius 1 is 1.12 bits per heavy atom. The second-order valence-corrected chi connectivity index (χ2v) is 9.32. The molecule has 32 heavy (non-hydrogen) atoms. The molecule has 176 valence electrons. The molecule has 1 aliphatic rings. The average molecular weight is 463 g/mol. The van der Waals surface area contributed by atoms with Gasteiger partial charge in [-0.15, -0.1) is 10.2 Å².